The molecule has 5 heteroatoms. The zero-order chi connectivity index (χ0) is 10.8. The van der Waals surface area contributed by atoms with Crippen molar-refractivity contribution in [2.24, 2.45) is 0 Å². The van der Waals surface area contributed by atoms with E-state index in [9.17, 15) is 0 Å². The van der Waals surface area contributed by atoms with Gasteiger partial charge in [-0.1, -0.05) is 18.5 Å². The van der Waals surface area contributed by atoms with Crippen LogP contribution >= 0.6 is 27.5 Å². The molecular weight excluding hydrogens is 279 g/mol. The normalized spacial score (nSPS) is 10.6. The van der Waals surface area contributed by atoms with Crippen LogP contribution in [0.5, 0.6) is 0 Å². The van der Waals surface area contributed by atoms with Crippen molar-refractivity contribution in [1.82, 2.24) is 9.97 Å². The zero-order valence-corrected chi connectivity index (χ0v) is 10.3. The first-order chi connectivity index (χ1) is 7.20. The minimum absolute atomic E-state index is 0.431. The van der Waals surface area contributed by atoms with Gasteiger partial charge in [0.15, 0.2) is 11.6 Å². The summed E-state index contributed by atoms with van der Waals surface area (Å²) in [6.45, 7) is 2.01. The van der Waals surface area contributed by atoms with Crippen molar-refractivity contribution < 1.29 is 4.42 Å². The van der Waals surface area contributed by atoms with E-state index in [1.54, 1.807) is 18.4 Å². The molecule has 0 fully saturated rings. The number of hydrogen-bond acceptors (Lipinski definition) is 3. The van der Waals surface area contributed by atoms with E-state index in [0.29, 0.717) is 16.7 Å². The number of nitrogens with zero attached hydrogens (tertiary/aromatic N) is 2. The molecule has 0 aromatic carbocycles. The van der Waals surface area contributed by atoms with Crippen molar-refractivity contribution >= 4 is 27.5 Å². The van der Waals surface area contributed by atoms with Crippen LogP contribution in [0.3, 0.4) is 0 Å². The molecule has 0 unspecified atom stereocenters. The van der Waals surface area contributed by atoms with Gasteiger partial charge in [0.1, 0.15) is 5.15 Å². The van der Waals surface area contributed by atoms with Gasteiger partial charge in [-0.3, -0.25) is 0 Å². The lowest BCUT2D eigenvalue weighted by Crippen LogP contribution is -1.94. The Morgan fingerprint density at radius 2 is 2.27 bits per heavy atom. The van der Waals surface area contributed by atoms with Gasteiger partial charge in [0.05, 0.1) is 10.7 Å². The van der Waals surface area contributed by atoms with E-state index in [0.717, 1.165) is 16.6 Å². The largest absolute Gasteiger partial charge is 0.460 e. The van der Waals surface area contributed by atoms with Crippen LogP contribution in [-0.4, -0.2) is 9.97 Å². The molecule has 0 aliphatic rings. The lowest BCUT2D eigenvalue weighted by molar-refractivity contribution is 0.575. The Balaban J connectivity index is 2.53. The smallest absolute Gasteiger partial charge is 0.198 e. The second-order valence-electron chi connectivity index (χ2n) is 2.96. The Morgan fingerprint density at radius 3 is 2.87 bits per heavy atom. The van der Waals surface area contributed by atoms with E-state index < -0.39 is 0 Å². The Morgan fingerprint density at radius 1 is 1.47 bits per heavy atom. The zero-order valence-electron chi connectivity index (χ0n) is 8.00. The fourth-order valence-electron chi connectivity index (χ4n) is 1.20. The SMILES string of the molecule is CCc1cc(Cl)nc(-c2occc2Br)n1. The quantitative estimate of drug-likeness (QED) is 0.790. The molecule has 0 saturated carbocycles. The van der Waals surface area contributed by atoms with Crippen LogP contribution in [0.15, 0.2) is 27.3 Å². The third-order valence-electron chi connectivity index (χ3n) is 1.93. The number of rotatable bonds is 2. The maximum Gasteiger partial charge on any atom is 0.198 e. The molecule has 0 atom stereocenters. The summed E-state index contributed by atoms with van der Waals surface area (Å²) in [7, 11) is 0. The van der Waals surface area contributed by atoms with Crippen LogP contribution < -0.4 is 0 Å². The molecule has 78 valence electrons. The van der Waals surface area contributed by atoms with Crippen molar-refractivity contribution in [2.45, 2.75) is 13.3 Å². The van der Waals surface area contributed by atoms with Crippen molar-refractivity contribution in [3.63, 3.8) is 0 Å². The first kappa shape index (κ1) is 10.6. The van der Waals surface area contributed by atoms with Crippen molar-refractivity contribution in [2.75, 3.05) is 0 Å². The predicted octanol–water partition coefficient (Wildman–Crippen LogP) is 3.71. The molecule has 0 bridgehead atoms. The monoisotopic (exact) mass is 286 g/mol. The molecule has 0 amide bonds. The van der Waals surface area contributed by atoms with E-state index in [1.165, 1.54) is 0 Å². The fourth-order valence-corrected chi connectivity index (χ4v) is 1.78. The summed E-state index contributed by atoms with van der Waals surface area (Å²) in [5, 5.41) is 0.431. The molecule has 3 nitrogen and oxygen atoms in total. The Hall–Kier alpha value is -0.870. The van der Waals surface area contributed by atoms with E-state index in [4.69, 9.17) is 16.0 Å². The summed E-state index contributed by atoms with van der Waals surface area (Å²) in [4.78, 5) is 8.45. The molecule has 0 spiro atoms. The molecule has 0 saturated heterocycles. The summed E-state index contributed by atoms with van der Waals surface area (Å²) in [5.74, 6) is 1.11. The van der Waals surface area contributed by atoms with Gasteiger partial charge in [0.2, 0.25) is 0 Å². The molecular formula is C10H8BrClN2O. The molecule has 2 heterocycles. The summed E-state index contributed by atoms with van der Waals surface area (Å²) in [6, 6.07) is 3.55. The van der Waals surface area contributed by atoms with Gasteiger partial charge in [-0.25, -0.2) is 9.97 Å². The van der Waals surface area contributed by atoms with Crippen molar-refractivity contribution in [1.29, 1.82) is 0 Å². The van der Waals surface area contributed by atoms with Crippen LogP contribution in [0.1, 0.15) is 12.6 Å². The maximum atomic E-state index is 5.89. The van der Waals surface area contributed by atoms with Gasteiger partial charge in [0, 0.05) is 5.69 Å². The topological polar surface area (TPSA) is 38.9 Å². The second-order valence-corrected chi connectivity index (χ2v) is 4.20. The minimum atomic E-state index is 0.431. The van der Waals surface area contributed by atoms with E-state index in [-0.39, 0.29) is 0 Å². The lowest BCUT2D eigenvalue weighted by atomic mass is 10.3. The summed E-state index contributed by atoms with van der Waals surface area (Å²) in [5.41, 5.74) is 0.897. The third-order valence-corrected chi connectivity index (χ3v) is 2.75. The van der Waals surface area contributed by atoms with Crippen molar-refractivity contribution in [3.8, 4) is 11.6 Å². The molecule has 2 rings (SSSR count). The molecule has 15 heavy (non-hydrogen) atoms. The second kappa shape index (κ2) is 4.33. The highest BCUT2D eigenvalue weighted by atomic mass is 79.9. The maximum absolute atomic E-state index is 5.89. The summed E-state index contributed by atoms with van der Waals surface area (Å²) >= 11 is 9.25. The van der Waals surface area contributed by atoms with E-state index in [2.05, 4.69) is 25.9 Å². The van der Waals surface area contributed by atoms with E-state index >= 15 is 0 Å². The van der Waals surface area contributed by atoms with Crippen molar-refractivity contribution in [3.05, 3.63) is 33.7 Å². The third kappa shape index (κ3) is 2.21. The lowest BCUT2D eigenvalue weighted by Gasteiger charge is -2.01. The highest BCUT2D eigenvalue weighted by molar-refractivity contribution is 9.10. The van der Waals surface area contributed by atoms with Crippen LogP contribution in [0.2, 0.25) is 5.15 Å². The van der Waals surface area contributed by atoms with Gasteiger partial charge in [-0.2, -0.15) is 0 Å². The minimum Gasteiger partial charge on any atom is -0.460 e. The van der Waals surface area contributed by atoms with Gasteiger partial charge in [0.25, 0.3) is 0 Å². The standard InChI is InChI=1S/C10H8BrClN2O/c1-2-6-5-8(12)14-10(13-6)9-7(11)3-4-15-9/h3-5H,2H2,1H3. The predicted molar refractivity (Wildman–Crippen MR) is 61.8 cm³/mol. The van der Waals surface area contributed by atoms with E-state index in [1.807, 2.05) is 6.92 Å². The van der Waals surface area contributed by atoms with Gasteiger partial charge >= 0.3 is 0 Å². The molecule has 0 aliphatic carbocycles. The highest BCUT2D eigenvalue weighted by Crippen LogP contribution is 2.27. The molecule has 2 aromatic rings. The number of aryl methyl sites for hydroxylation is 1. The first-order valence-corrected chi connectivity index (χ1v) is 5.64. The first-order valence-electron chi connectivity index (χ1n) is 4.47. The van der Waals surface area contributed by atoms with Crippen LogP contribution in [0, 0.1) is 0 Å². The number of hydrogen-bond donors (Lipinski definition) is 0. The van der Waals surface area contributed by atoms with Gasteiger partial charge in [-0.15, -0.1) is 0 Å². The number of aromatic nitrogens is 2. The van der Waals surface area contributed by atoms with Gasteiger partial charge < -0.3 is 4.42 Å². The Bertz CT molecular complexity index is 484. The summed E-state index contributed by atoms with van der Waals surface area (Å²) in [6.07, 6.45) is 2.39. The molecule has 2 aromatic heterocycles. The number of furan rings is 1. The average Bonchev–Trinajstić information content (AvgIpc) is 2.63. The Labute approximate surface area is 101 Å². The summed E-state index contributed by atoms with van der Waals surface area (Å²) < 4.78 is 6.10. The molecule has 0 N–H and O–H groups in total. The molecule has 0 radical (unpaired) electrons. The highest BCUT2D eigenvalue weighted by Gasteiger charge is 2.11. The average molecular weight is 288 g/mol. The van der Waals surface area contributed by atoms with Crippen LogP contribution in [0.25, 0.3) is 11.6 Å². The van der Waals surface area contributed by atoms with Crippen LogP contribution in [-0.2, 0) is 6.42 Å². The molecule has 0 aliphatic heterocycles. The fraction of sp³-hybridized carbons (Fsp3) is 0.200. The Kier molecular flexibility index (Phi) is 3.07. The van der Waals surface area contributed by atoms with Gasteiger partial charge in [-0.05, 0) is 34.5 Å². The van der Waals surface area contributed by atoms with Crippen LogP contribution in [0.4, 0.5) is 0 Å². The number of halogens is 2.